The normalized spacial score (nSPS) is 21.0. The molecule has 3 aliphatic rings. The third-order valence-corrected chi connectivity index (χ3v) is 12.0. The van der Waals surface area contributed by atoms with Crippen molar-refractivity contribution >= 4 is 64.1 Å². The number of aliphatic hydroxyl groups is 5. The molecule has 3 fully saturated rings. The zero-order valence-electron chi connectivity index (χ0n) is 36.0. The van der Waals surface area contributed by atoms with E-state index >= 15 is 0 Å². The number of aromatic amines is 1. The van der Waals surface area contributed by atoms with Crippen molar-refractivity contribution < 1.29 is 73.8 Å². The molecule has 5 rings (SSSR count). The molecule has 25 heteroatoms. The highest BCUT2D eigenvalue weighted by atomic mass is 16.4. The van der Waals surface area contributed by atoms with E-state index in [2.05, 4.69) is 31.6 Å². The van der Waals surface area contributed by atoms with Gasteiger partial charge in [0.15, 0.2) is 0 Å². The zero-order chi connectivity index (χ0) is 48.2. The van der Waals surface area contributed by atoms with Gasteiger partial charge in [-0.1, -0.05) is 18.2 Å². The largest absolute Gasteiger partial charge is 0.480 e. The van der Waals surface area contributed by atoms with E-state index in [9.17, 15) is 73.8 Å². The van der Waals surface area contributed by atoms with Crippen molar-refractivity contribution in [3.05, 3.63) is 36.0 Å². The number of fused-ring (bicyclic) bond motifs is 1. The van der Waals surface area contributed by atoms with Gasteiger partial charge in [0.2, 0.25) is 47.3 Å². The number of nitrogens with one attached hydrogen (secondary N) is 6. The number of hydrogen-bond acceptors (Lipinski definition) is 15. The zero-order valence-corrected chi connectivity index (χ0v) is 36.0. The number of nitrogens with two attached hydrogens (primary N) is 1. The SMILES string of the molecule is N[C@@H](CO)C(=O)N1CCC[C@H]1C(=O)N1CCC[C@H]1C(=O)N1CCC[C@H]1C(=O)N[C@@H](CO)C(=O)N[C@@H](CO)C(=O)N[C@@H](CO)C(=O)N[C@@H](Cc1c[nH]c2ccccc12)C(=O)N[C@@H](CO)C(=O)O. The minimum atomic E-state index is -1.82. The summed E-state index contributed by atoms with van der Waals surface area (Å²) in [6.45, 7) is -4.09. The van der Waals surface area contributed by atoms with Crippen molar-refractivity contribution in [1.82, 2.24) is 46.3 Å². The summed E-state index contributed by atoms with van der Waals surface area (Å²) < 4.78 is 0. The number of likely N-dealkylation sites (tertiary alicyclic amines) is 3. The molecule has 1 aromatic carbocycles. The monoisotopic (exact) mass is 930 g/mol. The maximum absolute atomic E-state index is 14.0. The molecule has 0 radical (unpaired) electrons. The van der Waals surface area contributed by atoms with Crippen LogP contribution in [0.1, 0.15) is 44.1 Å². The summed E-state index contributed by atoms with van der Waals surface area (Å²) in [6.07, 6.45) is 3.52. The van der Waals surface area contributed by atoms with Gasteiger partial charge in [0.05, 0.1) is 33.0 Å². The predicted octanol–water partition coefficient (Wildman–Crippen LogP) is -6.52. The van der Waals surface area contributed by atoms with E-state index in [0.717, 1.165) is 0 Å². The summed E-state index contributed by atoms with van der Waals surface area (Å²) in [7, 11) is 0. The number of rotatable bonds is 21. The third kappa shape index (κ3) is 11.8. The lowest BCUT2D eigenvalue weighted by Gasteiger charge is -2.34. The molecule has 14 N–H and O–H groups in total. The minimum Gasteiger partial charge on any atom is -0.480 e. The molecule has 3 saturated heterocycles. The van der Waals surface area contributed by atoms with Crippen LogP contribution in [0, 0.1) is 0 Å². The first-order chi connectivity index (χ1) is 31.6. The molecule has 0 aliphatic carbocycles. The lowest BCUT2D eigenvalue weighted by molar-refractivity contribution is -0.151. The van der Waals surface area contributed by atoms with Gasteiger partial charge < -0.3 is 82.6 Å². The quantitative estimate of drug-likeness (QED) is 0.0554. The summed E-state index contributed by atoms with van der Waals surface area (Å²) >= 11 is 0. The average molecular weight is 931 g/mol. The number of aliphatic hydroxyl groups excluding tert-OH is 5. The molecule has 3 aliphatic heterocycles. The number of amides is 8. The highest BCUT2D eigenvalue weighted by molar-refractivity contribution is 5.99. The number of benzene rings is 1. The predicted molar refractivity (Wildman–Crippen MR) is 227 cm³/mol. The van der Waals surface area contributed by atoms with Crippen LogP contribution in [0.15, 0.2) is 30.5 Å². The van der Waals surface area contributed by atoms with Gasteiger partial charge in [0.25, 0.3) is 0 Å². The first-order valence-electron chi connectivity index (χ1n) is 21.6. The van der Waals surface area contributed by atoms with E-state index in [0.29, 0.717) is 42.1 Å². The Balaban J connectivity index is 1.19. The highest BCUT2D eigenvalue weighted by Crippen LogP contribution is 2.29. The van der Waals surface area contributed by atoms with Crippen molar-refractivity contribution in [3.8, 4) is 0 Å². The Bertz CT molecular complexity index is 2120. The summed E-state index contributed by atoms with van der Waals surface area (Å²) in [6, 6.07) is -5.76. The van der Waals surface area contributed by atoms with E-state index in [4.69, 9.17) is 5.73 Å². The maximum atomic E-state index is 14.0. The molecule has 25 nitrogen and oxygen atoms in total. The van der Waals surface area contributed by atoms with E-state index in [-0.39, 0.29) is 38.9 Å². The van der Waals surface area contributed by atoms with Crippen LogP contribution in [0.25, 0.3) is 10.9 Å². The van der Waals surface area contributed by atoms with Gasteiger partial charge in [-0.05, 0) is 50.2 Å². The van der Waals surface area contributed by atoms with Crippen molar-refractivity contribution in [3.63, 3.8) is 0 Å². The fourth-order valence-corrected chi connectivity index (χ4v) is 8.41. The number of aliphatic carboxylic acids is 1. The van der Waals surface area contributed by atoms with Gasteiger partial charge in [-0.15, -0.1) is 0 Å². The average Bonchev–Trinajstić information content (AvgIpc) is 4.17. The van der Waals surface area contributed by atoms with Crippen LogP contribution in [0.5, 0.6) is 0 Å². The van der Waals surface area contributed by atoms with Gasteiger partial charge in [-0.25, -0.2) is 4.79 Å². The molecule has 362 valence electrons. The molecule has 66 heavy (non-hydrogen) atoms. The first-order valence-corrected chi connectivity index (χ1v) is 21.6. The first kappa shape index (κ1) is 50.7. The molecule has 0 saturated carbocycles. The number of H-pyrrole nitrogens is 1. The summed E-state index contributed by atoms with van der Waals surface area (Å²) in [5.41, 5.74) is 6.94. The molecule has 2 aromatic rings. The van der Waals surface area contributed by atoms with Crippen LogP contribution < -0.4 is 32.3 Å². The Hall–Kier alpha value is -6.25. The number of carboxylic acids is 1. The van der Waals surface area contributed by atoms with Crippen LogP contribution in [0.4, 0.5) is 0 Å². The lowest BCUT2D eigenvalue weighted by atomic mass is 10.0. The molecule has 0 spiro atoms. The number of carbonyl (C=O) groups excluding carboxylic acids is 8. The van der Waals surface area contributed by atoms with E-state index < -0.39 is 141 Å². The Morgan fingerprint density at radius 2 is 1.03 bits per heavy atom. The maximum Gasteiger partial charge on any atom is 0.328 e. The van der Waals surface area contributed by atoms with Gasteiger partial charge in [0, 0.05) is 43.2 Å². The van der Waals surface area contributed by atoms with E-state index in [1.807, 2.05) is 0 Å². The van der Waals surface area contributed by atoms with Gasteiger partial charge >= 0.3 is 5.97 Å². The summed E-state index contributed by atoms with van der Waals surface area (Å²) in [5, 5.41) is 70.4. The topological polar surface area (TPSA) is 387 Å². The number of aromatic nitrogens is 1. The Labute approximate surface area is 377 Å². The van der Waals surface area contributed by atoms with Gasteiger partial charge in [0.1, 0.15) is 54.4 Å². The van der Waals surface area contributed by atoms with Gasteiger partial charge in [-0.2, -0.15) is 0 Å². The third-order valence-electron chi connectivity index (χ3n) is 12.0. The van der Waals surface area contributed by atoms with E-state index in [1.165, 1.54) is 14.7 Å². The second-order valence-electron chi connectivity index (χ2n) is 16.3. The molecule has 0 unspecified atom stereocenters. The van der Waals surface area contributed by atoms with Crippen molar-refractivity contribution in [2.45, 2.75) is 99.3 Å². The lowest BCUT2D eigenvalue weighted by Crippen LogP contribution is -2.61. The number of para-hydroxylation sites is 1. The highest BCUT2D eigenvalue weighted by Gasteiger charge is 2.46. The number of carbonyl (C=O) groups is 9. The molecular formula is C41H58N10O15. The number of hydrogen-bond donors (Lipinski definition) is 13. The van der Waals surface area contributed by atoms with Crippen LogP contribution in [0.2, 0.25) is 0 Å². The molecule has 8 amide bonds. The minimum absolute atomic E-state index is 0.136. The summed E-state index contributed by atoms with van der Waals surface area (Å²) in [4.78, 5) is 126. The smallest absolute Gasteiger partial charge is 0.328 e. The molecule has 9 atom stereocenters. The summed E-state index contributed by atoms with van der Waals surface area (Å²) in [5.74, 6) is -8.47. The molecular weight excluding hydrogens is 873 g/mol. The van der Waals surface area contributed by atoms with Crippen LogP contribution >= 0.6 is 0 Å². The number of nitrogens with zero attached hydrogens (tertiary/aromatic N) is 3. The van der Waals surface area contributed by atoms with Crippen molar-refractivity contribution in [2.24, 2.45) is 5.73 Å². The Morgan fingerprint density at radius 1 is 0.591 bits per heavy atom. The van der Waals surface area contributed by atoms with E-state index in [1.54, 1.807) is 30.5 Å². The Kier molecular flexibility index (Phi) is 17.9. The fourth-order valence-electron chi connectivity index (χ4n) is 8.41. The second kappa shape index (κ2) is 23.3. The van der Waals surface area contributed by atoms with Crippen LogP contribution in [-0.2, 0) is 49.6 Å². The van der Waals surface area contributed by atoms with Crippen LogP contribution in [-0.4, -0.2) is 211 Å². The molecule has 1 aromatic heterocycles. The number of carboxylic acid groups (broad SMARTS) is 1. The second-order valence-corrected chi connectivity index (χ2v) is 16.3. The van der Waals surface area contributed by atoms with Gasteiger partial charge in [-0.3, -0.25) is 38.4 Å². The molecule has 4 heterocycles. The van der Waals surface area contributed by atoms with Crippen molar-refractivity contribution in [2.75, 3.05) is 52.7 Å². The van der Waals surface area contributed by atoms with Crippen LogP contribution in [0.3, 0.4) is 0 Å². The standard InChI is InChI=1S/C41H58N10O15/c42-23(16-52)38(62)50-12-4-9-31(50)40(64)51-13-5-10-32(51)39(63)49-11-3-8-30(49)37(61)47-28(19-55)36(60)46-27(18-54)35(59)45-26(17-53)34(58)44-25(33(57)48-29(20-56)41(65)66)14-21-15-43-24-7-2-1-6-22(21)24/h1-2,6-7,15,23,25-32,43,52-56H,3-5,8-14,16-20,42H2,(H,44,58)(H,45,59)(H,46,60)(H,47,61)(H,48,57)(H,65,66)/t23-,25-,26-,27-,28-,29-,30-,31-,32-/m0/s1. The molecule has 0 bridgehead atoms. The van der Waals surface area contributed by atoms with Crippen molar-refractivity contribution in [1.29, 1.82) is 0 Å². The Morgan fingerprint density at radius 3 is 1.56 bits per heavy atom. The fraction of sp³-hybridized carbons (Fsp3) is 0.585.